The van der Waals surface area contributed by atoms with Gasteiger partial charge in [-0.05, 0) is 31.9 Å². The van der Waals surface area contributed by atoms with Gasteiger partial charge in [-0.3, -0.25) is 9.58 Å². The number of hydrogen-bond donors (Lipinski definition) is 1. The molecule has 0 amide bonds. The van der Waals surface area contributed by atoms with Gasteiger partial charge < -0.3 is 5.73 Å². The molecule has 104 valence electrons. The summed E-state index contributed by atoms with van der Waals surface area (Å²) < 4.78 is 2.11. The summed E-state index contributed by atoms with van der Waals surface area (Å²) in [5.74, 6) is 0. The van der Waals surface area contributed by atoms with Crippen LogP contribution in [0.1, 0.15) is 51.8 Å². The molecule has 0 aliphatic carbocycles. The number of nitrogens with two attached hydrogens (primary N) is 1. The Labute approximate surface area is 111 Å². The third-order valence-corrected chi connectivity index (χ3v) is 3.35. The summed E-state index contributed by atoms with van der Waals surface area (Å²) in [5.41, 5.74) is 6.80. The Morgan fingerprint density at radius 1 is 1.28 bits per heavy atom. The molecule has 4 heteroatoms. The SMILES string of the molecule is CCCN(CCN)Cc1ccn(C(CC)CC)n1. The molecule has 0 fully saturated rings. The Morgan fingerprint density at radius 2 is 2.00 bits per heavy atom. The average Bonchev–Trinajstić information content (AvgIpc) is 2.80. The lowest BCUT2D eigenvalue weighted by Gasteiger charge is -2.19. The van der Waals surface area contributed by atoms with Crippen molar-refractivity contribution in [3.8, 4) is 0 Å². The van der Waals surface area contributed by atoms with Gasteiger partial charge in [-0.2, -0.15) is 5.10 Å². The molecule has 4 nitrogen and oxygen atoms in total. The molecule has 0 atom stereocenters. The predicted molar refractivity (Wildman–Crippen MR) is 76.5 cm³/mol. The van der Waals surface area contributed by atoms with Gasteiger partial charge in [0.1, 0.15) is 0 Å². The third-order valence-electron chi connectivity index (χ3n) is 3.35. The van der Waals surface area contributed by atoms with E-state index in [0.717, 1.165) is 44.6 Å². The molecule has 0 aliphatic rings. The Balaban J connectivity index is 2.61. The monoisotopic (exact) mass is 252 g/mol. The van der Waals surface area contributed by atoms with Crippen LogP contribution < -0.4 is 5.73 Å². The highest BCUT2D eigenvalue weighted by molar-refractivity contribution is 4.99. The minimum absolute atomic E-state index is 0.535. The normalized spacial score (nSPS) is 11.7. The average molecular weight is 252 g/mol. The molecule has 1 rings (SSSR count). The fourth-order valence-electron chi connectivity index (χ4n) is 2.33. The molecule has 1 aromatic heterocycles. The zero-order valence-electron chi connectivity index (χ0n) is 12.1. The third kappa shape index (κ3) is 4.42. The van der Waals surface area contributed by atoms with Crippen LogP contribution in [0.3, 0.4) is 0 Å². The van der Waals surface area contributed by atoms with Crippen molar-refractivity contribution < 1.29 is 0 Å². The molecule has 0 saturated carbocycles. The fraction of sp³-hybridized carbons (Fsp3) is 0.786. The van der Waals surface area contributed by atoms with Gasteiger partial charge in [-0.15, -0.1) is 0 Å². The number of rotatable bonds is 9. The van der Waals surface area contributed by atoms with E-state index in [1.54, 1.807) is 0 Å². The zero-order chi connectivity index (χ0) is 13.4. The first-order valence-corrected chi connectivity index (χ1v) is 7.21. The second-order valence-corrected chi connectivity index (χ2v) is 4.82. The van der Waals surface area contributed by atoms with Gasteiger partial charge in [0.15, 0.2) is 0 Å². The summed E-state index contributed by atoms with van der Waals surface area (Å²) in [4.78, 5) is 2.37. The van der Waals surface area contributed by atoms with Gasteiger partial charge in [-0.1, -0.05) is 20.8 Å². The van der Waals surface area contributed by atoms with Crippen LogP contribution in [0, 0.1) is 0 Å². The van der Waals surface area contributed by atoms with Crippen molar-refractivity contribution >= 4 is 0 Å². The van der Waals surface area contributed by atoms with Crippen LogP contribution in [0.15, 0.2) is 12.3 Å². The molecule has 1 aromatic rings. The second kappa shape index (κ2) is 8.27. The molecule has 0 aliphatic heterocycles. The van der Waals surface area contributed by atoms with E-state index in [-0.39, 0.29) is 0 Å². The minimum Gasteiger partial charge on any atom is -0.329 e. The molecule has 0 radical (unpaired) electrons. The van der Waals surface area contributed by atoms with Crippen LogP contribution in [0.2, 0.25) is 0 Å². The Hall–Kier alpha value is -0.870. The fourth-order valence-corrected chi connectivity index (χ4v) is 2.33. The van der Waals surface area contributed by atoms with E-state index >= 15 is 0 Å². The van der Waals surface area contributed by atoms with E-state index in [1.807, 2.05) is 0 Å². The molecule has 0 unspecified atom stereocenters. The molecule has 18 heavy (non-hydrogen) atoms. The van der Waals surface area contributed by atoms with Crippen molar-refractivity contribution in [2.24, 2.45) is 5.73 Å². The van der Waals surface area contributed by atoms with Gasteiger partial charge in [0.2, 0.25) is 0 Å². The van der Waals surface area contributed by atoms with Crippen LogP contribution in [-0.2, 0) is 6.54 Å². The molecule has 0 saturated heterocycles. The highest BCUT2D eigenvalue weighted by Crippen LogP contribution is 2.15. The summed E-state index contributed by atoms with van der Waals surface area (Å²) in [6.45, 7) is 10.3. The van der Waals surface area contributed by atoms with Crippen LogP contribution in [0.5, 0.6) is 0 Å². The molecule has 0 spiro atoms. The van der Waals surface area contributed by atoms with Gasteiger partial charge in [0.05, 0.1) is 11.7 Å². The van der Waals surface area contributed by atoms with Gasteiger partial charge >= 0.3 is 0 Å². The quantitative estimate of drug-likeness (QED) is 0.734. The second-order valence-electron chi connectivity index (χ2n) is 4.82. The maximum Gasteiger partial charge on any atom is 0.0764 e. The highest BCUT2D eigenvalue weighted by atomic mass is 15.3. The van der Waals surface area contributed by atoms with Crippen molar-refractivity contribution in [1.82, 2.24) is 14.7 Å². The van der Waals surface area contributed by atoms with Gasteiger partial charge in [-0.25, -0.2) is 0 Å². The molecule has 2 N–H and O–H groups in total. The number of aromatic nitrogens is 2. The topological polar surface area (TPSA) is 47.1 Å². The van der Waals surface area contributed by atoms with E-state index in [1.165, 1.54) is 0 Å². The van der Waals surface area contributed by atoms with E-state index in [2.05, 4.69) is 42.6 Å². The summed E-state index contributed by atoms with van der Waals surface area (Å²) in [5, 5.41) is 4.69. The van der Waals surface area contributed by atoms with Crippen molar-refractivity contribution in [3.63, 3.8) is 0 Å². The lowest BCUT2D eigenvalue weighted by molar-refractivity contribution is 0.268. The Morgan fingerprint density at radius 3 is 2.56 bits per heavy atom. The molecule has 0 bridgehead atoms. The smallest absolute Gasteiger partial charge is 0.0764 e. The van der Waals surface area contributed by atoms with Crippen molar-refractivity contribution in [2.45, 2.75) is 52.6 Å². The molecular formula is C14H28N4. The first-order chi connectivity index (χ1) is 8.74. The highest BCUT2D eigenvalue weighted by Gasteiger charge is 2.10. The van der Waals surface area contributed by atoms with E-state index in [9.17, 15) is 0 Å². The predicted octanol–water partition coefficient (Wildman–Crippen LogP) is 2.41. The Bertz CT molecular complexity index is 311. The van der Waals surface area contributed by atoms with Crippen LogP contribution in [0.25, 0.3) is 0 Å². The standard InChI is InChI=1S/C14H28N4/c1-4-9-17(11-8-15)12-13-7-10-18(16-13)14(5-2)6-3/h7,10,14H,4-6,8-9,11-12,15H2,1-3H3. The first kappa shape index (κ1) is 15.2. The molecular weight excluding hydrogens is 224 g/mol. The number of nitrogens with zero attached hydrogens (tertiary/aromatic N) is 3. The zero-order valence-corrected chi connectivity index (χ0v) is 12.1. The lowest BCUT2D eigenvalue weighted by Crippen LogP contribution is -2.30. The maximum atomic E-state index is 5.64. The molecule has 0 aromatic carbocycles. The van der Waals surface area contributed by atoms with Crippen LogP contribution in [0.4, 0.5) is 0 Å². The maximum absolute atomic E-state index is 5.64. The van der Waals surface area contributed by atoms with Gasteiger partial charge in [0.25, 0.3) is 0 Å². The lowest BCUT2D eigenvalue weighted by atomic mass is 10.2. The largest absolute Gasteiger partial charge is 0.329 e. The first-order valence-electron chi connectivity index (χ1n) is 7.21. The van der Waals surface area contributed by atoms with Crippen molar-refractivity contribution in [3.05, 3.63) is 18.0 Å². The van der Waals surface area contributed by atoms with E-state index in [4.69, 9.17) is 10.8 Å². The van der Waals surface area contributed by atoms with E-state index < -0.39 is 0 Å². The van der Waals surface area contributed by atoms with Gasteiger partial charge in [0, 0.05) is 25.8 Å². The summed E-state index contributed by atoms with van der Waals surface area (Å²) in [6.07, 6.45) is 5.55. The van der Waals surface area contributed by atoms with E-state index in [0.29, 0.717) is 12.6 Å². The Kier molecular flexibility index (Phi) is 6.98. The number of hydrogen-bond acceptors (Lipinski definition) is 3. The van der Waals surface area contributed by atoms with Crippen LogP contribution >= 0.6 is 0 Å². The summed E-state index contributed by atoms with van der Waals surface area (Å²) >= 11 is 0. The van der Waals surface area contributed by atoms with Crippen molar-refractivity contribution in [2.75, 3.05) is 19.6 Å². The summed E-state index contributed by atoms with van der Waals surface area (Å²) in [7, 11) is 0. The van der Waals surface area contributed by atoms with Crippen LogP contribution in [-0.4, -0.2) is 34.3 Å². The summed E-state index contributed by atoms with van der Waals surface area (Å²) in [6, 6.07) is 2.67. The minimum atomic E-state index is 0.535. The molecule has 1 heterocycles. The van der Waals surface area contributed by atoms with Crippen molar-refractivity contribution in [1.29, 1.82) is 0 Å².